The lowest BCUT2D eigenvalue weighted by atomic mass is 10.1. The van der Waals surface area contributed by atoms with Crippen molar-refractivity contribution >= 4 is 17.4 Å². The zero-order valence-corrected chi connectivity index (χ0v) is 15.6. The van der Waals surface area contributed by atoms with Crippen LogP contribution in [0.3, 0.4) is 0 Å². The Kier molecular flexibility index (Phi) is 5.02. The van der Waals surface area contributed by atoms with Crippen LogP contribution in [0.5, 0.6) is 0 Å². The van der Waals surface area contributed by atoms with Crippen LogP contribution in [0.1, 0.15) is 28.7 Å². The number of aromatic nitrogens is 4. The van der Waals surface area contributed by atoms with Crippen LogP contribution in [0.4, 0.5) is 0 Å². The maximum absolute atomic E-state index is 12.3. The van der Waals surface area contributed by atoms with E-state index in [4.69, 9.17) is 4.52 Å². The van der Waals surface area contributed by atoms with Crippen LogP contribution >= 0.6 is 11.8 Å². The molecule has 0 atom stereocenters. The monoisotopic (exact) mass is 378 g/mol. The zero-order valence-electron chi connectivity index (χ0n) is 14.8. The second-order valence-electron chi connectivity index (χ2n) is 6.21. The average molecular weight is 378 g/mol. The second-order valence-corrected chi connectivity index (χ2v) is 7.19. The van der Waals surface area contributed by atoms with Gasteiger partial charge in [-0.1, -0.05) is 41.6 Å². The SMILES string of the molecule is Cc1cccc2nc(CSCc3nc(Cc4ccccc4)no3)cc(=O)n12. The molecule has 27 heavy (non-hydrogen) atoms. The Labute approximate surface area is 160 Å². The summed E-state index contributed by atoms with van der Waals surface area (Å²) < 4.78 is 6.93. The van der Waals surface area contributed by atoms with Crippen LogP contribution in [0.2, 0.25) is 0 Å². The highest BCUT2D eigenvalue weighted by atomic mass is 32.2. The van der Waals surface area contributed by atoms with Gasteiger partial charge in [-0.15, -0.1) is 11.8 Å². The first-order valence-electron chi connectivity index (χ1n) is 8.60. The molecule has 0 spiro atoms. The summed E-state index contributed by atoms with van der Waals surface area (Å²) in [6.45, 7) is 1.90. The van der Waals surface area contributed by atoms with Gasteiger partial charge >= 0.3 is 0 Å². The molecule has 0 radical (unpaired) electrons. The molecule has 0 N–H and O–H groups in total. The van der Waals surface area contributed by atoms with Gasteiger partial charge in [0.05, 0.1) is 11.4 Å². The quantitative estimate of drug-likeness (QED) is 0.512. The van der Waals surface area contributed by atoms with Crippen molar-refractivity contribution in [2.45, 2.75) is 24.9 Å². The lowest BCUT2D eigenvalue weighted by Gasteiger charge is -2.05. The van der Waals surface area contributed by atoms with Crippen LogP contribution in [0.15, 0.2) is 63.9 Å². The highest BCUT2D eigenvalue weighted by Gasteiger charge is 2.09. The summed E-state index contributed by atoms with van der Waals surface area (Å²) in [7, 11) is 0. The lowest BCUT2D eigenvalue weighted by Crippen LogP contribution is -2.17. The van der Waals surface area contributed by atoms with Crippen molar-refractivity contribution in [1.29, 1.82) is 0 Å². The Bertz CT molecular complexity index is 1120. The topological polar surface area (TPSA) is 73.3 Å². The molecule has 7 heteroatoms. The number of pyridine rings is 1. The Morgan fingerprint density at radius 2 is 1.89 bits per heavy atom. The van der Waals surface area contributed by atoms with E-state index in [1.54, 1.807) is 22.2 Å². The van der Waals surface area contributed by atoms with Crippen molar-refractivity contribution in [3.05, 3.63) is 93.6 Å². The van der Waals surface area contributed by atoms with E-state index in [0.717, 1.165) is 17.0 Å². The van der Waals surface area contributed by atoms with E-state index in [9.17, 15) is 4.79 Å². The number of fused-ring (bicyclic) bond motifs is 1. The fourth-order valence-electron chi connectivity index (χ4n) is 2.88. The van der Waals surface area contributed by atoms with E-state index in [2.05, 4.69) is 15.1 Å². The van der Waals surface area contributed by atoms with E-state index < -0.39 is 0 Å². The van der Waals surface area contributed by atoms with Gasteiger partial charge in [0, 0.05) is 23.9 Å². The molecule has 0 saturated carbocycles. The second kappa shape index (κ2) is 7.75. The van der Waals surface area contributed by atoms with Gasteiger partial charge in [-0.2, -0.15) is 4.98 Å². The van der Waals surface area contributed by atoms with Crippen LogP contribution in [0, 0.1) is 6.92 Å². The van der Waals surface area contributed by atoms with Crippen LogP contribution in [-0.2, 0) is 17.9 Å². The Balaban J connectivity index is 1.39. The van der Waals surface area contributed by atoms with Gasteiger partial charge in [-0.05, 0) is 24.6 Å². The van der Waals surface area contributed by atoms with Gasteiger partial charge in [0.2, 0.25) is 5.89 Å². The largest absolute Gasteiger partial charge is 0.338 e. The molecule has 6 nitrogen and oxygen atoms in total. The summed E-state index contributed by atoms with van der Waals surface area (Å²) in [6, 6.07) is 17.3. The molecule has 0 aliphatic rings. The summed E-state index contributed by atoms with van der Waals surface area (Å²) in [5.41, 5.74) is 3.38. The molecule has 1 aromatic carbocycles. The predicted octanol–water partition coefficient (Wildman–Crippen LogP) is 3.41. The molecule has 0 unspecified atom stereocenters. The maximum Gasteiger partial charge on any atom is 0.258 e. The maximum atomic E-state index is 12.3. The number of nitrogens with zero attached hydrogens (tertiary/aromatic N) is 4. The highest BCUT2D eigenvalue weighted by Crippen LogP contribution is 2.16. The van der Waals surface area contributed by atoms with Gasteiger partial charge in [-0.3, -0.25) is 9.20 Å². The van der Waals surface area contributed by atoms with E-state index >= 15 is 0 Å². The molecule has 136 valence electrons. The third kappa shape index (κ3) is 4.09. The zero-order chi connectivity index (χ0) is 18.6. The summed E-state index contributed by atoms with van der Waals surface area (Å²) in [4.78, 5) is 21.3. The third-order valence-electron chi connectivity index (χ3n) is 4.12. The minimum Gasteiger partial charge on any atom is -0.338 e. The van der Waals surface area contributed by atoms with Crippen molar-refractivity contribution in [1.82, 2.24) is 19.5 Å². The molecule has 0 fully saturated rings. The molecular formula is C20H18N4O2S. The molecule has 3 heterocycles. The van der Waals surface area contributed by atoms with Gasteiger partial charge in [0.1, 0.15) is 5.65 Å². The molecule has 4 aromatic rings. The van der Waals surface area contributed by atoms with Crippen molar-refractivity contribution in [3.63, 3.8) is 0 Å². The summed E-state index contributed by atoms with van der Waals surface area (Å²) in [5.74, 6) is 2.45. The van der Waals surface area contributed by atoms with Gasteiger partial charge in [0.25, 0.3) is 5.56 Å². The van der Waals surface area contributed by atoms with Crippen LogP contribution in [-0.4, -0.2) is 19.5 Å². The summed E-state index contributed by atoms with van der Waals surface area (Å²) >= 11 is 1.59. The fourth-order valence-corrected chi connectivity index (χ4v) is 3.63. The van der Waals surface area contributed by atoms with Gasteiger partial charge in [0.15, 0.2) is 5.82 Å². The average Bonchev–Trinajstić information content (AvgIpc) is 3.09. The number of rotatable bonds is 6. The highest BCUT2D eigenvalue weighted by molar-refractivity contribution is 7.97. The molecule has 0 saturated heterocycles. The summed E-state index contributed by atoms with van der Waals surface area (Å²) in [6.07, 6.45) is 0.650. The van der Waals surface area contributed by atoms with Crippen molar-refractivity contribution in [3.8, 4) is 0 Å². The first kappa shape index (κ1) is 17.5. The molecule has 0 aliphatic carbocycles. The van der Waals surface area contributed by atoms with E-state index in [1.807, 2.05) is 55.5 Å². The van der Waals surface area contributed by atoms with Crippen LogP contribution < -0.4 is 5.56 Å². The number of thioether (sulfide) groups is 1. The minimum absolute atomic E-state index is 0.0587. The smallest absolute Gasteiger partial charge is 0.258 e. The molecule has 4 rings (SSSR count). The Morgan fingerprint density at radius 1 is 1.04 bits per heavy atom. The predicted molar refractivity (Wildman–Crippen MR) is 105 cm³/mol. The van der Waals surface area contributed by atoms with Crippen molar-refractivity contribution in [2.75, 3.05) is 0 Å². The standard InChI is InChI=1S/C20H18N4O2S/c1-14-6-5-9-18-21-16(11-20(25)24(14)18)12-27-13-19-22-17(23-26-19)10-15-7-3-2-4-8-15/h2-9,11H,10,12-13H2,1H3. The Morgan fingerprint density at radius 3 is 2.74 bits per heavy atom. The molecular weight excluding hydrogens is 360 g/mol. The fraction of sp³-hybridized carbons (Fsp3) is 0.200. The first-order chi connectivity index (χ1) is 13.2. The number of hydrogen-bond acceptors (Lipinski definition) is 6. The molecule has 3 aromatic heterocycles. The van der Waals surface area contributed by atoms with Gasteiger partial charge < -0.3 is 4.52 Å². The molecule has 0 bridgehead atoms. The normalized spacial score (nSPS) is 11.1. The molecule has 0 amide bonds. The van der Waals surface area contributed by atoms with E-state index in [0.29, 0.717) is 35.3 Å². The minimum atomic E-state index is -0.0587. The van der Waals surface area contributed by atoms with Crippen LogP contribution in [0.25, 0.3) is 5.65 Å². The van der Waals surface area contributed by atoms with E-state index in [-0.39, 0.29) is 5.56 Å². The summed E-state index contributed by atoms with van der Waals surface area (Å²) in [5, 5.41) is 4.03. The number of benzene rings is 1. The van der Waals surface area contributed by atoms with Gasteiger partial charge in [-0.25, -0.2) is 4.98 Å². The number of hydrogen-bond donors (Lipinski definition) is 0. The first-order valence-corrected chi connectivity index (χ1v) is 9.76. The number of aryl methyl sites for hydroxylation is 1. The van der Waals surface area contributed by atoms with Crippen molar-refractivity contribution in [2.24, 2.45) is 0 Å². The van der Waals surface area contributed by atoms with E-state index in [1.165, 1.54) is 0 Å². The lowest BCUT2D eigenvalue weighted by molar-refractivity contribution is 0.386. The van der Waals surface area contributed by atoms with Crippen molar-refractivity contribution < 1.29 is 4.52 Å². The Hall–Kier alpha value is -2.93. The third-order valence-corrected chi connectivity index (χ3v) is 5.07. The molecule has 0 aliphatic heterocycles.